The van der Waals surface area contributed by atoms with Crippen molar-refractivity contribution in [2.75, 3.05) is 17.7 Å². The molecule has 0 saturated heterocycles. The normalized spacial score (nSPS) is 16.2. The third-order valence-corrected chi connectivity index (χ3v) is 6.16. The summed E-state index contributed by atoms with van der Waals surface area (Å²) >= 11 is 5.22. The van der Waals surface area contributed by atoms with Gasteiger partial charge in [0.1, 0.15) is 24.0 Å². The molecule has 0 spiro atoms. The molecule has 1 aromatic heterocycles. The summed E-state index contributed by atoms with van der Waals surface area (Å²) in [4.78, 5) is 7.01. The molecule has 0 amide bonds. The number of aromatic amines is 1. The average Bonchev–Trinajstić information content (AvgIpc) is 2.73. The van der Waals surface area contributed by atoms with Crippen LogP contribution in [0, 0.1) is 4.77 Å². The van der Waals surface area contributed by atoms with Gasteiger partial charge in [-0.25, -0.2) is 13.4 Å². The summed E-state index contributed by atoms with van der Waals surface area (Å²) in [6.45, 7) is 4.26. The number of aliphatic imine (C=N–C) groups is 1. The molecule has 1 aliphatic rings. The van der Waals surface area contributed by atoms with Gasteiger partial charge >= 0.3 is 0 Å². The van der Waals surface area contributed by atoms with Crippen LogP contribution in [-0.4, -0.2) is 41.5 Å². The minimum atomic E-state index is -3.11. The van der Waals surface area contributed by atoms with Crippen LogP contribution in [0.15, 0.2) is 4.99 Å². The molecule has 0 radical (unpaired) electrons. The van der Waals surface area contributed by atoms with Crippen molar-refractivity contribution in [1.82, 2.24) is 9.55 Å². The Morgan fingerprint density at radius 1 is 1.55 bits per heavy atom. The number of aromatic nitrogens is 2. The Balaban J connectivity index is 2.24. The van der Waals surface area contributed by atoms with Crippen LogP contribution in [0.3, 0.4) is 0 Å². The van der Waals surface area contributed by atoms with Crippen LogP contribution < -0.4 is 11.1 Å². The summed E-state index contributed by atoms with van der Waals surface area (Å²) in [5.41, 5.74) is 6.41. The molecule has 1 aromatic rings. The van der Waals surface area contributed by atoms with Crippen molar-refractivity contribution < 1.29 is 8.42 Å². The minimum absolute atomic E-state index is 0.0549. The van der Waals surface area contributed by atoms with Crippen molar-refractivity contribution in [3.05, 3.63) is 10.5 Å². The zero-order valence-electron chi connectivity index (χ0n) is 11.5. The number of sulfone groups is 1. The van der Waals surface area contributed by atoms with Gasteiger partial charge in [-0.1, -0.05) is 6.92 Å². The molecule has 4 N–H and O–H groups in total. The third kappa shape index (κ3) is 2.73. The van der Waals surface area contributed by atoms with Crippen molar-refractivity contribution in [2.45, 2.75) is 32.1 Å². The number of nitrogens with one attached hydrogen (secondary N) is 2. The first-order chi connectivity index (χ1) is 9.36. The molecule has 7 nitrogen and oxygen atoms in total. The number of nitrogens with zero attached hydrogens (tertiary/aromatic N) is 2. The molecule has 1 unspecified atom stereocenters. The Morgan fingerprint density at radius 2 is 2.25 bits per heavy atom. The van der Waals surface area contributed by atoms with E-state index >= 15 is 0 Å². The summed E-state index contributed by atoms with van der Waals surface area (Å²) in [5.74, 6) is 1.15. The molecule has 0 saturated carbocycles. The lowest BCUT2D eigenvalue weighted by molar-refractivity contribution is 0.574. The van der Waals surface area contributed by atoms with Crippen LogP contribution >= 0.6 is 12.2 Å². The van der Waals surface area contributed by atoms with Crippen molar-refractivity contribution in [1.29, 1.82) is 0 Å². The van der Waals surface area contributed by atoms with Gasteiger partial charge in [0, 0.05) is 6.54 Å². The summed E-state index contributed by atoms with van der Waals surface area (Å²) in [7, 11) is -3.11. The van der Waals surface area contributed by atoms with E-state index in [1.165, 1.54) is 0 Å². The second-order valence-electron chi connectivity index (χ2n) is 4.77. The molecule has 0 aromatic carbocycles. The number of hydrogen-bond donors (Lipinski definition) is 3. The van der Waals surface area contributed by atoms with Gasteiger partial charge in [0.25, 0.3) is 0 Å². The first kappa shape index (κ1) is 15.0. The standard InChI is InChI=1S/C11H19N5O2S2/c1-3-7(2)20(17,18)5-4-16-10-8(15-11(16)19)9(12)13-6-14-10/h7,14H,3-6H2,1-2H3,(H2,12,13)(H,15,19). The third-order valence-electron chi connectivity index (χ3n) is 3.52. The van der Waals surface area contributed by atoms with E-state index in [0.29, 0.717) is 41.8 Å². The highest BCUT2D eigenvalue weighted by atomic mass is 32.2. The number of amidine groups is 1. The summed E-state index contributed by atoms with van der Waals surface area (Å²) in [6, 6.07) is 0. The van der Waals surface area contributed by atoms with Gasteiger partial charge in [-0.2, -0.15) is 0 Å². The fourth-order valence-corrected chi connectivity index (χ4v) is 3.64. The van der Waals surface area contributed by atoms with Crippen LogP contribution in [0.5, 0.6) is 0 Å². The van der Waals surface area contributed by atoms with Gasteiger partial charge < -0.3 is 20.6 Å². The van der Waals surface area contributed by atoms with Crippen LogP contribution in [0.2, 0.25) is 0 Å². The Morgan fingerprint density at radius 3 is 2.90 bits per heavy atom. The zero-order chi connectivity index (χ0) is 14.9. The van der Waals surface area contributed by atoms with Crippen molar-refractivity contribution in [3.63, 3.8) is 0 Å². The molecular formula is C11H19N5O2S2. The molecule has 1 aliphatic heterocycles. The second-order valence-corrected chi connectivity index (χ2v) is 7.69. The van der Waals surface area contributed by atoms with Crippen LogP contribution in [-0.2, 0) is 16.4 Å². The average molecular weight is 317 g/mol. The quantitative estimate of drug-likeness (QED) is 0.698. The monoisotopic (exact) mass is 317 g/mol. The van der Waals surface area contributed by atoms with Crippen molar-refractivity contribution >= 4 is 33.7 Å². The van der Waals surface area contributed by atoms with Crippen LogP contribution in [0.1, 0.15) is 26.0 Å². The molecule has 20 heavy (non-hydrogen) atoms. The van der Waals surface area contributed by atoms with E-state index in [-0.39, 0.29) is 11.0 Å². The van der Waals surface area contributed by atoms with Crippen molar-refractivity contribution in [2.24, 2.45) is 10.7 Å². The number of hydrogen-bond acceptors (Lipinski definition) is 6. The Kier molecular flexibility index (Phi) is 4.19. The van der Waals surface area contributed by atoms with Crippen molar-refractivity contribution in [3.8, 4) is 0 Å². The first-order valence-corrected chi connectivity index (χ1v) is 8.57. The molecule has 2 heterocycles. The molecule has 0 fully saturated rings. The van der Waals surface area contributed by atoms with Gasteiger partial charge in [0.2, 0.25) is 0 Å². The highest BCUT2D eigenvalue weighted by Gasteiger charge is 2.22. The number of rotatable bonds is 5. The zero-order valence-corrected chi connectivity index (χ0v) is 13.1. The maximum absolute atomic E-state index is 12.1. The van der Waals surface area contributed by atoms with Crippen LogP contribution in [0.25, 0.3) is 0 Å². The molecule has 1 atom stereocenters. The van der Waals surface area contributed by atoms with Gasteiger partial charge in [0.05, 0.1) is 11.0 Å². The summed E-state index contributed by atoms with van der Waals surface area (Å²) in [6.07, 6.45) is 0.608. The van der Waals surface area contributed by atoms with Gasteiger partial charge in [-0.3, -0.25) is 0 Å². The molecular weight excluding hydrogens is 298 g/mol. The predicted octanol–water partition coefficient (Wildman–Crippen LogP) is 0.847. The van der Waals surface area contributed by atoms with Crippen LogP contribution in [0.4, 0.5) is 5.82 Å². The van der Waals surface area contributed by atoms with E-state index in [1.54, 1.807) is 11.5 Å². The Labute approximate surface area is 123 Å². The molecule has 0 aliphatic carbocycles. The predicted molar refractivity (Wildman–Crippen MR) is 82.4 cm³/mol. The highest BCUT2D eigenvalue weighted by Crippen LogP contribution is 2.19. The highest BCUT2D eigenvalue weighted by molar-refractivity contribution is 7.91. The summed E-state index contributed by atoms with van der Waals surface area (Å²) in [5, 5.41) is 2.72. The van der Waals surface area contributed by atoms with E-state index in [1.807, 2.05) is 6.92 Å². The number of imidazole rings is 1. The van der Waals surface area contributed by atoms with E-state index in [9.17, 15) is 8.42 Å². The molecule has 112 valence electrons. The van der Waals surface area contributed by atoms with E-state index in [0.717, 1.165) is 0 Å². The fraction of sp³-hybridized carbons (Fsp3) is 0.636. The van der Waals surface area contributed by atoms with Gasteiger partial charge in [-0.05, 0) is 25.6 Å². The Hall–Kier alpha value is -1.35. The maximum Gasteiger partial charge on any atom is 0.179 e. The second kappa shape index (κ2) is 5.57. The van der Waals surface area contributed by atoms with E-state index < -0.39 is 9.84 Å². The largest absolute Gasteiger partial charge is 0.382 e. The maximum atomic E-state index is 12.1. The summed E-state index contributed by atoms with van der Waals surface area (Å²) < 4.78 is 26.3. The van der Waals surface area contributed by atoms with E-state index in [2.05, 4.69) is 15.3 Å². The number of H-pyrrole nitrogens is 1. The van der Waals surface area contributed by atoms with Gasteiger partial charge in [0.15, 0.2) is 14.6 Å². The topological polar surface area (TPSA) is 105 Å². The lowest BCUT2D eigenvalue weighted by atomic mass is 10.3. The SMILES string of the molecule is CCC(C)S(=O)(=O)CCn1c2c([nH]c1=S)C(N)=NCN2. The fourth-order valence-electron chi connectivity index (χ4n) is 2.00. The minimum Gasteiger partial charge on any atom is -0.382 e. The molecule has 0 bridgehead atoms. The number of fused-ring (bicyclic) bond motifs is 1. The number of anilines is 1. The number of nitrogens with two attached hydrogens (primary N) is 1. The smallest absolute Gasteiger partial charge is 0.179 e. The lowest BCUT2D eigenvalue weighted by Crippen LogP contribution is -2.26. The molecule has 9 heteroatoms. The molecule has 2 rings (SSSR count). The first-order valence-electron chi connectivity index (χ1n) is 6.45. The van der Waals surface area contributed by atoms with Gasteiger partial charge in [-0.15, -0.1) is 0 Å². The lowest BCUT2D eigenvalue weighted by Gasteiger charge is -2.16. The van der Waals surface area contributed by atoms with E-state index in [4.69, 9.17) is 18.0 Å². The Bertz CT molecular complexity index is 686.